The van der Waals surface area contributed by atoms with Crippen LogP contribution in [0.3, 0.4) is 0 Å². The number of hydrogen-bond donors (Lipinski definition) is 3. The van der Waals surface area contributed by atoms with E-state index in [2.05, 4.69) is 4.72 Å². The van der Waals surface area contributed by atoms with E-state index in [1.54, 1.807) is 43.3 Å². The normalized spacial score (nSPS) is 11.5. The van der Waals surface area contributed by atoms with E-state index in [0.29, 0.717) is 17.7 Å². The quantitative estimate of drug-likeness (QED) is 0.734. The average molecular weight is 306 g/mol. The van der Waals surface area contributed by atoms with Gasteiger partial charge < -0.3 is 10.8 Å². The smallest absolute Gasteiger partial charge is 0.240 e. The van der Waals surface area contributed by atoms with Gasteiger partial charge in [0.05, 0.1) is 4.90 Å². The molecule has 2 aromatic rings. The lowest BCUT2D eigenvalue weighted by atomic mass is 10.1. The van der Waals surface area contributed by atoms with Crippen LogP contribution < -0.4 is 10.5 Å². The highest BCUT2D eigenvalue weighted by Gasteiger charge is 2.16. The van der Waals surface area contributed by atoms with Crippen LogP contribution in [0.1, 0.15) is 11.1 Å². The molecule has 5 nitrogen and oxygen atoms in total. The van der Waals surface area contributed by atoms with Crippen molar-refractivity contribution in [1.82, 2.24) is 4.72 Å². The summed E-state index contributed by atoms with van der Waals surface area (Å²) in [4.78, 5) is 0.238. The largest absolute Gasteiger partial charge is 0.508 e. The van der Waals surface area contributed by atoms with Gasteiger partial charge in [-0.05, 0) is 54.8 Å². The highest BCUT2D eigenvalue weighted by atomic mass is 32.2. The van der Waals surface area contributed by atoms with Gasteiger partial charge >= 0.3 is 0 Å². The van der Waals surface area contributed by atoms with Gasteiger partial charge in [-0.15, -0.1) is 0 Å². The second kappa shape index (κ2) is 6.15. The molecule has 0 aliphatic carbocycles. The van der Waals surface area contributed by atoms with E-state index in [0.717, 1.165) is 5.56 Å². The van der Waals surface area contributed by atoms with Gasteiger partial charge in [0.25, 0.3) is 0 Å². The highest BCUT2D eigenvalue weighted by Crippen LogP contribution is 2.17. The van der Waals surface area contributed by atoms with Crippen molar-refractivity contribution < 1.29 is 13.5 Å². The van der Waals surface area contributed by atoms with Crippen molar-refractivity contribution in [2.24, 2.45) is 0 Å². The van der Waals surface area contributed by atoms with Crippen LogP contribution in [0, 0.1) is 6.92 Å². The third-order valence-corrected chi connectivity index (χ3v) is 4.75. The zero-order valence-electron chi connectivity index (χ0n) is 11.7. The summed E-state index contributed by atoms with van der Waals surface area (Å²) in [6, 6.07) is 11.4. The molecule has 0 atom stereocenters. The number of rotatable bonds is 5. The van der Waals surface area contributed by atoms with Crippen LogP contribution in [0.4, 0.5) is 5.69 Å². The van der Waals surface area contributed by atoms with Crippen LogP contribution in [0.15, 0.2) is 47.4 Å². The predicted octanol–water partition coefficient (Wildman–Crippen LogP) is 1.80. The van der Waals surface area contributed by atoms with Gasteiger partial charge in [0.1, 0.15) is 5.75 Å². The second-order valence-corrected chi connectivity index (χ2v) is 6.57. The Kier molecular flexibility index (Phi) is 4.50. The minimum absolute atomic E-state index is 0.192. The molecule has 0 aliphatic heterocycles. The molecule has 112 valence electrons. The fourth-order valence-corrected chi connectivity index (χ4v) is 3.30. The van der Waals surface area contributed by atoms with E-state index in [1.807, 2.05) is 0 Å². The molecule has 0 aliphatic rings. The predicted molar refractivity (Wildman–Crippen MR) is 82.6 cm³/mol. The van der Waals surface area contributed by atoms with E-state index >= 15 is 0 Å². The summed E-state index contributed by atoms with van der Waals surface area (Å²) in [5.41, 5.74) is 7.73. The Morgan fingerprint density at radius 2 is 1.81 bits per heavy atom. The molecule has 0 saturated heterocycles. The number of phenols is 1. The number of benzene rings is 2. The standard InChI is InChI=1S/C15H18N2O3S/c1-11-10-13(16)4-7-15(11)21(19,20)17-9-8-12-2-5-14(18)6-3-12/h2-7,10,17-18H,8-9,16H2,1H3. The number of aromatic hydroxyl groups is 1. The van der Waals surface area contributed by atoms with Crippen molar-refractivity contribution in [3.63, 3.8) is 0 Å². The van der Waals surface area contributed by atoms with E-state index in [1.165, 1.54) is 6.07 Å². The van der Waals surface area contributed by atoms with Crippen molar-refractivity contribution in [2.45, 2.75) is 18.2 Å². The third kappa shape index (κ3) is 3.96. The Labute approximate surface area is 124 Å². The zero-order valence-corrected chi connectivity index (χ0v) is 12.5. The van der Waals surface area contributed by atoms with Gasteiger partial charge in [0.2, 0.25) is 10.0 Å². The van der Waals surface area contributed by atoms with Gasteiger partial charge in [0, 0.05) is 12.2 Å². The van der Waals surface area contributed by atoms with E-state index < -0.39 is 10.0 Å². The topological polar surface area (TPSA) is 92.4 Å². The van der Waals surface area contributed by atoms with Gasteiger partial charge in [-0.2, -0.15) is 0 Å². The van der Waals surface area contributed by atoms with Crippen LogP contribution in [-0.4, -0.2) is 20.1 Å². The van der Waals surface area contributed by atoms with Crippen LogP contribution in [0.25, 0.3) is 0 Å². The Hall–Kier alpha value is -2.05. The van der Waals surface area contributed by atoms with E-state index in [9.17, 15) is 13.5 Å². The Morgan fingerprint density at radius 3 is 2.43 bits per heavy atom. The number of sulfonamides is 1. The first-order chi connectivity index (χ1) is 9.88. The Balaban J connectivity index is 2.03. The second-order valence-electron chi connectivity index (χ2n) is 4.84. The monoisotopic (exact) mass is 306 g/mol. The molecule has 2 rings (SSSR count). The SMILES string of the molecule is Cc1cc(N)ccc1S(=O)(=O)NCCc1ccc(O)cc1. The maximum Gasteiger partial charge on any atom is 0.240 e. The van der Waals surface area contributed by atoms with Gasteiger partial charge in [-0.3, -0.25) is 0 Å². The molecule has 0 aromatic heterocycles. The van der Waals surface area contributed by atoms with Gasteiger partial charge in [-0.1, -0.05) is 12.1 Å². The number of hydrogen-bond acceptors (Lipinski definition) is 4. The molecule has 6 heteroatoms. The number of nitrogens with one attached hydrogen (secondary N) is 1. The molecule has 21 heavy (non-hydrogen) atoms. The van der Waals surface area contributed by atoms with Gasteiger partial charge in [0.15, 0.2) is 0 Å². The lowest BCUT2D eigenvalue weighted by molar-refractivity contribution is 0.475. The molecular weight excluding hydrogens is 288 g/mol. The molecular formula is C15H18N2O3S. The molecule has 0 unspecified atom stereocenters. The first-order valence-corrected chi connectivity index (χ1v) is 8.00. The van der Waals surface area contributed by atoms with E-state index in [-0.39, 0.29) is 17.2 Å². The first kappa shape index (κ1) is 15.3. The maximum atomic E-state index is 12.2. The summed E-state index contributed by atoms with van der Waals surface area (Å²) in [7, 11) is -3.54. The molecule has 0 spiro atoms. The minimum atomic E-state index is -3.54. The van der Waals surface area contributed by atoms with Crippen molar-refractivity contribution in [2.75, 3.05) is 12.3 Å². The molecule has 4 N–H and O–H groups in total. The molecule has 2 aromatic carbocycles. The molecule has 0 fully saturated rings. The summed E-state index contributed by atoms with van der Waals surface area (Å²) in [5, 5.41) is 9.19. The highest BCUT2D eigenvalue weighted by molar-refractivity contribution is 7.89. The van der Waals surface area contributed by atoms with Gasteiger partial charge in [-0.25, -0.2) is 13.1 Å². The van der Waals surface area contributed by atoms with Crippen LogP contribution in [-0.2, 0) is 16.4 Å². The van der Waals surface area contributed by atoms with Crippen LogP contribution >= 0.6 is 0 Å². The molecule has 0 heterocycles. The first-order valence-electron chi connectivity index (χ1n) is 6.52. The Bertz CT molecular complexity index is 725. The lowest BCUT2D eigenvalue weighted by Crippen LogP contribution is -2.26. The number of aryl methyl sites for hydroxylation is 1. The maximum absolute atomic E-state index is 12.2. The number of phenolic OH excluding ortho intramolecular Hbond substituents is 1. The number of nitrogen functional groups attached to an aromatic ring is 1. The van der Waals surface area contributed by atoms with Crippen LogP contribution in [0.2, 0.25) is 0 Å². The number of nitrogens with two attached hydrogens (primary N) is 1. The summed E-state index contributed by atoms with van der Waals surface area (Å²) in [6.07, 6.45) is 0.549. The molecule has 0 radical (unpaired) electrons. The summed E-state index contributed by atoms with van der Waals surface area (Å²) in [5.74, 6) is 0.192. The molecule has 0 amide bonds. The molecule has 0 bridgehead atoms. The summed E-state index contributed by atoms with van der Waals surface area (Å²) in [6.45, 7) is 2.00. The van der Waals surface area contributed by atoms with Crippen molar-refractivity contribution in [3.8, 4) is 5.75 Å². The lowest BCUT2D eigenvalue weighted by Gasteiger charge is -2.10. The van der Waals surface area contributed by atoms with Crippen molar-refractivity contribution in [1.29, 1.82) is 0 Å². The minimum Gasteiger partial charge on any atom is -0.508 e. The Morgan fingerprint density at radius 1 is 1.14 bits per heavy atom. The summed E-state index contributed by atoms with van der Waals surface area (Å²) >= 11 is 0. The summed E-state index contributed by atoms with van der Waals surface area (Å²) < 4.78 is 27.0. The fraction of sp³-hybridized carbons (Fsp3) is 0.200. The third-order valence-electron chi connectivity index (χ3n) is 3.13. The van der Waals surface area contributed by atoms with Crippen molar-refractivity contribution >= 4 is 15.7 Å². The van der Waals surface area contributed by atoms with Crippen molar-refractivity contribution in [3.05, 3.63) is 53.6 Å². The fourth-order valence-electron chi connectivity index (χ4n) is 2.04. The van der Waals surface area contributed by atoms with Crippen LogP contribution in [0.5, 0.6) is 5.75 Å². The zero-order chi connectivity index (χ0) is 15.5. The number of anilines is 1. The molecule has 0 saturated carbocycles. The average Bonchev–Trinajstić information content (AvgIpc) is 2.40. The van der Waals surface area contributed by atoms with E-state index in [4.69, 9.17) is 5.73 Å².